The molecule has 7 heteroatoms. The van der Waals surface area contributed by atoms with Gasteiger partial charge in [0.05, 0.1) is 5.25 Å². The molecule has 6 nitrogen and oxygen atoms in total. The van der Waals surface area contributed by atoms with E-state index in [-0.39, 0.29) is 11.2 Å². The van der Waals surface area contributed by atoms with E-state index in [0.717, 1.165) is 37.9 Å². The number of amides is 1. The van der Waals surface area contributed by atoms with Gasteiger partial charge < -0.3 is 14.4 Å². The Labute approximate surface area is 146 Å². The summed E-state index contributed by atoms with van der Waals surface area (Å²) in [5, 5.41) is 8.68. The number of rotatable bonds is 5. The first-order valence-corrected chi connectivity index (χ1v) is 9.20. The van der Waals surface area contributed by atoms with Crippen molar-refractivity contribution in [1.82, 2.24) is 19.7 Å². The van der Waals surface area contributed by atoms with Gasteiger partial charge in [-0.25, -0.2) is 0 Å². The lowest BCUT2D eigenvalue weighted by molar-refractivity contribution is -0.130. The zero-order chi connectivity index (χ0) is 16.9. The Kier molecular flexibility index (Phi) is 5.40. The zero-order valence-corrected chi connectivity index (χ0v) is 14.9. The van der Waals surface area contributed by atoms with E-state index < -0.39 is 0 Å². The van der Waals surface area contributed by atoms with Crippen LogP contribution in [-0.4, -0.2) is 57.0 Å². The van der Waals surface area contributed by atoms with Crippen molar-refractivity contribution in [1.29, 1.82) is 0 Å². The first kappa shape index (κ1) is 16.8. The van der Waals surface area contributed by atoms with Gasteiger partial charge in [-0.2, -0.15) is 0 Å². The van der Waals surface area contributed by atoms with Crippen LogP contribution >= 0.6 is 11.8 Å². The largest absolute Gasteiger partial charge is 0.368 e. The van der Waals surface area contributed by atoms with Crippen LogP contribution in [0.3, 0.4) is 0 Å². The molecule has 128 valence electrons. The molecule has 1 aliphatic rings. The van der Waals surface area contributed by atoms with E-state index in [0.29, 0.717) is 0 Å². The molecule has 2 heterocycles. The van der Waals surface area contributed by atoms with Gasteiger partial charge in [-0.1, -0.05) is 30.0 Å². The molecule has 1 aromatic carbocycles. The van der Waals surface area contributed by atoms with E-state index in [9.17, 15) is 4.79 Å². The molecule has 1 saturated heterocycles. The van der Waals surface area contributed by atoms with E-state index in [2.05, 4.69) is 39.4 Å². The summed E-state index contributed by atoms with van der Waals surface area (Å²) in [4.78, 5) is 17.0. The van der Waals surface area contributed by atoms with Crippen LogP contribution in [0.25, 0.3) is 0 Å². The summed E-state index contributed by atoms with van der Waals surface area (Å²) < 4.78 is 1.96. The Bertz CT molecular complexity index is 667. The molecule has 1 aromatic heterocycles. The molecule has 24 heavy (non-hydrogen) atoms. The van der Waals surface area contributed by atoms with E-state index >= 15 is 0 Å². The number of carbonyl (C=O) groups excluding carboxylic acids is 1. The zero-order valence-electron chi connectivity index (χ0n) is 14.1. The minimum Gasteiger partial charge on any atom is -0.368 e. The summed E-state index contributed by atoms with van der Waals surface area (Å²) in [5.41, 5.74) is 1.23. The van der Waals surface area contributed by atoms with Gasteiger partial charge in [-0.3, -0.25) is 4.79 Å². The molecular formula is C17H23N5OS. The van der Waals surface area contributed by atoms with Gasteiger partial charge in [0.15, 0.2) is 5.16 Å². The predicted molar refractivity (Wildman–Crippen MR) is 96.3 cm³/mol. The van der Waals surface area contributed by atoms with Crippen LogP contribution in [0.1, 0.15) is 13.8 Å². The highest BCUT2D eigenvalue weighted by molar-refractivity contribution is 8.00. The molecule has 0 unspecified atom stereocenters. The second-order valence-corrected chi connectivity index (χ2v) is 7.12. The van der Waals surface area contributed by atoms with Crippen LogP contribution < -0.4 is 4.90 Å². The van der Waals surface area contributed by atoms with Crippen LogP contribution in [0, 0.1) is 0 Å². The standard InChI is InChI=1S/C17H23N5OS/c1-3-20-13-18-19-17(20)24-14(2)16(23)22-11-9-21(10-12-22)15-7-5-4-6-8-15/h4-8,13-14H,3,9-12H2,1-2H3/t14-/m1/s1. The summed E-state index contributed by atoms with van der Waals surface area (Å²) >= 11 is 1.48. The van der Waals surface area contributed by atoms with E-state index in [4.69, 9.17) is 0 Å². The number of nitrogens with zero attached hydrogens (tertiary/aromatic N) is 5. The van der Waals surface area contributed by atoms with Gasteiger partial charge in [0, 0.05) is 38.4 Å². The Morgan fingerprint density at radius 3 is 2.58 bits per heavy atom. The number of aryl methyl sites for hydroxylation is 1. The topological polar surface area (TPSA) is 54.3 Å². The average Bonchev–Trinajstić information content (AvgIpc) is 3.09. The van der Waals surface area contributed by atoms with Gasteiger partial charge in [-0.05, 0) is 26.0 Å². The number of hydrogen-bond acceptors (Lipinski definition) is 5. The van der Waals surface area contributed by atoms with Gasteiger partial charge in [-0.15, -0.1) is 10.2 Å². The summed E-state index contributed by atoms with van der Waals surface area (Å²) in [6, 6.07) is 10.4. The summed E-state index contributed by atoms with van der Waals surface area (Å²) in [6.07, 6.45) is 1.71. The number of aromatic nitrogens is 3. The summed E-state index contributed by atoms with van der Waals surface area (Å²) in [5.74, 6) is 0.179. The fourth-order valence-electron chi connectivity index (χ4n) is 2.84. The molecule has 3 rings (SSSR count). The minimum absolute atomic E-state index is 0.150. The highest BCUT2D eigenvalue weighted by atomic mass is 32.2. The van der Waals surface area contributed by atoms with Crippen LogP contribution in [0.2, 0.25) is 0 Å². The molecule has 1 fully saturated rings. The lowest BCUT2D eigenvalue weighted by Gasteiger charge is -2.37. The number of para-hydroxylation sites is 1. The number of anilines is 1. The SMILES string of the molecule is CCn1cnnc1S[C@H](C)C(=O)N1CCN(c2ccccc2)CC1. The fraction of sp³-hybridized carbons (Fsp3) is 0.471. The summed E-state index contributed by atoms with van der Waals surface area (Å²) in [6.45, 7) is 8.08. The van der Waals surface area contributed by atoms with Crippen molar-refractivity contribution in [3.63, 3.8) is 0 Å². The van der Waals surface area contributed by atoms with Gasteiger partial charge in [0.2, 0.25) is 5.91 Å². The van der Waals surface area contributed by atoms with Crippen LogP contribution in [-0.2, 0) is 11.3 Å². The maximum Gasteiger partial charge on any atom is 0.236 e. The van der Waals surface area contributed by atoms with Crippen molar-refractivity contribution < 1.29 is 4.79 Å². The van der Waals surface area contributed by atoms with E-state index in [1.165, 1.54) is 17.4 Å². The van der Waals surface area contributed by atoms with Crippen molar-refractivity contribution >= 4 is 23.4 Å². The molecule has 0 radical (unpaired) electrons. The molecule has 0 saturated carbocycles. The summed E-state index contributed by atoms with van der Waals surface area (Å²) in [7, 11) is 0. The molecule has 0 aliphatic carbocycles. The molecule has 0 N–H and O–H groups in total. The Morgan fingerprint density at radius 2 is 1.92 bits per heavy atom. The van der Waals surface area contributed by atoms with Gasteiger partial charge in [0.25, 0.3) is 0 Å². The van der Waals surface area contributed by atoms with Crippen LogP contribution in [0.15, 0.2) is 41.8 Å². The number of carbonyl (C=O) groups is 1. The number of thioether (sulfide) groups is 1. The Balaban J connectivity index is 1.55. The molecular weight excluding hydrogens is 322 g/mol. The number of benzene rings is 1. The second kappa shape index (κ2) is 7.70. The normalized spacial score (nSPS) is 16.2. The molecule has 0 bridgehead atoms. The third kappa shape index (κ3) is 3.72. The first-order chi connectivity index (χ1) is 11.7. The van der Waals surface area contributed by atoms with Crippen molar-refractivity contribution in [2.45, 2.75) is 30.8 Å². The lowest BCUT2D eigenvalue weighted by Crippen LogP contribution is -2.50. The fourth-order valence-corrected chi connectivity index (χ4v) is 3.81. The van der Waals surface area contributed by atoms with Gasteiger partial charge in [0.1, 0.15) is 6.33 Å². The maximum absolute atomic E-state index is 12.7. The maximum atomic E-state index is 12.7. The first-order valence-electron chi connectivity index (χ1n) is 8.32. The molecule has 1 amide bonds. The average molecular weight is 345 g/mol. The number of piperazine rings is 1. The third-order valence-corrected chi connectivity index (χ3v) is 5.35. The van der Waals surface area contributed by atoms with Crippen molar-refractivity contribution in [2.24, 2.45) is 0 Å². The second-order valence-electron chi connectivity index (χ2n) is 5.81. The quantitative estimate of drug-likeness (QED) is 0.777. The molecule has 1 atom stereocenters. The Morgan fingerprint density at radius 1 is 1.21 bits per heavy atom. The van der Waals surface area contributed by atoms with Crippen LogP contribution in [0.4, 0.5) is 5.69 Å². The highest BCUT2D eigenvalue weighted by Gasteiger charge is 2.26. The minimum atomic E-state index is -0.150. The van der Waals surface area contributed by atoms with Crippen LogP contribution in [0.5, 0.6) is 0 Å². The highest BCUT2D eigenvalue weighted by Crippen LogP contribution is 2.23. The van der Waals surface area contributed by atoms with Crippen molar-refractivity contribution in [2.75, 3.05) is 31.1 Å². The van der Waals surface area contributed by atoms with E-state index in [1.807, 2.05) is 29.4 Å². The van der Waals surface area contributed by atoms with E-state index in [1.54, 1.807) is 6.33 Å². The molecule has 2 aromatic rings. The predicted octanol–water partition coefficient (Wildman–Crippen LogP) is 2.13. The Hall–Kier alpha value is -2.02. The van der Waals surface area contributed by atoms with Crippen molar-refractivity contribution in [3.05, 3.63) is 36.7 Å². The van der Waals surface area contributed by atoms with Crippen molar-refractivity contribution in [3.8, 4) is 0 Å². The molecule has 0 spiro atoms. The monoisotopic (exact) mass is 345 g/mol. The third-order valence-electron chi connectivity index (χ3n) is 4.26. The smallest absolute Gasteiger partial charge is 0.236 e. The molecule has 1 aliphatic heterocycles. The lowest BCUT2D eigenvalue weighted by atomic mass is 10.2. The number of hydrogen-bond donors (Lipinski definition) is 0. The van der Waals surface area contributed by atoms with Gasteiger partial charge >= 0.3 is 0 Å².